The molecule has 0 aliphatic heterocycles. The molecule has 3 rings (SSSR count). The van der Waals surface area contributed by atoms with E-state index in [1.165, 1.54) is 25.3 Å². The number of fused-ring (bicyclic) bond motifs is 1. The summed E-state index contributed by atoms with van der Waals surface area (Å²) in [5, 5.41) is 5.36. The van der Waals surface area contributed by atoms with E-state index in [1.807, 2.05) is 49.4 Å². The number of hydrogen-bond donors (Lipinski definition) is 1. The number of amides is 1. The van der Waals surface area contributed by atoms with E-state index in [4.69, 9.17) is 16.3 Å². The van der Waals surface area contributed by atoms with E-state index >= 15 is 0 Å². The van der Waals surface area contributed by atoms with Crippen molar-refractivity contribution in [3.8, 4) is 0 Å². The van der Waals surface area contributed by atoms with Crippen molar-refractivity contribution in [2.45, 2.75) is 6.92 Å². The van der Waals surface area contributed by atoms with Gasteiger partial charge in [-0.2, -0.15) is 0 Å². The highest BCUT2D eigenvalue weighted by Crippen LogP contribution is 2.23. The molecule has 0 unspecified atom stereocenters. The predicted molar refractivity (Wildman–Crippen MR) is 109 cm³/mol. The second-order valence-corrected chi connectivity index (χ2v) is 6.50. The summed E-state index contributed by atoms with van der Waals surface area (Å²) in [7, 11) is 1.28. The quantitative estimate of drug-likeness (QED) is 0.493. The van der Waals surface area contributed by atoms with E-state index in [1.54, 1.807) is 6.07 Å². The van der Waals surface area contributed by atoms with Crippen LogP contribution in [0.2, 0.25) is 5.02 Å². The van der Waals surface area contributed by atoms with Gasteiger partial charge in [0.25, 0.3) is 0 Å². The van der Waals surface area contributed by atoms with Crippen LogP contribution in [-0.2, 0) is 9.53 Å². The lowest BCUT2D eigenvalue weighted by molar-refractivity contribution is -0.111. The van der Waals surface area contributed by atoms with Crippen LogP contribution in [0.4, 0.5) is 5.69 Å². The van der Waals surface area contributed by atoms with Crippen molar-refractivity contribution >= 4 is 45.5 Å². The van der Waals surface area contributed by atoms with Gasteiger partial charge in [0, 0.05) is 11.1 Å². The third kappa shape index (κ3) is 4.36. The van der Waals surface area contributed by atoms with Crippen LogP contribution in [-0.4, -0.2) is 19.0 Å². The van der Waals surface area contributed by atoms with E-state index < -0.39 is 5.97 Å². The molecule has 136 valence electrons. The Morgan fingerprint density at radius 3 is 2.48 bits per heavy atom. The summed E-state index contributed by atoms with van der Waals surface area (Å²) < 4.78 is 4.74. The highest BCUT2D eigenvalue weighted by atomic mass is 35.5. The molecule has 0 heterocycles. The molecule has 0 atom stereocenters. The van der Waals surface area contributed by atoms with Gasteiger partial charge in [-0.15, -0.1) is 0 Å². The van der Waals surface area contributed by atoms with E-state index in [0.717, 1.165) is 21.9 Å². The number of hydrogen-bond acceptors (Lipinski definition) is 3. The summed E-state index contributed by atoms with van der Waals surface area (Å²) in [4.78, 5) is 24.3. The maximum atomic E-state index is 12.5. The lowest BCUT2D eigenvalue weighted by Gasteiger charge is -2.10. The second-order valence-electron chi connectivity index (χ2n) is 6.06. The summed E-state index contributed by atoms with van der Waals surface area (Å²) in [6, 6.07) is 18.7. The number of rotatable bonds is 4. The Labute approximate surface area is 162 Å². The fourth-order valence-electron chi connectivity index (χ4n) is 2.79. The zero-order valence-electron chi connectivity index (χ0n) is 15.0. The van der Waals surface area contributed by atoms with Crippen LogP contribution in [0.5, 0.6) is 0 Å². The van der Waals surface area contributed by atoms with Crippen LogP contribution < -0.4 is 5.32 Å². The summed E-state index contributed by atoms with van der Waals surface area (Å²) in [6.45, 7) is 1.86. The van der Waals surface area contributed by atoms with Gasteiger partial charge in [0.1, 0.15) is 0 Å². The molecule has 1 N–H and O–H groups in total. The van der Waals surface area contributed by atoms with Crippen molar-refractivity contribution in [3.05, 3.63) is 82.9 Å². The largest absolute Gasteiger partial charge is 0.465 e. The van der Waals surface area contributed by atoms with Crippen LogP contribution in [0.3, 0.4) is 0 Å². The number of methoxy groups -OCH3 is 1. The van der Waals surface area contributed by atoms with Crippen molar-refractivity contribution in [2.24, 2.45) is 0 Å². The number of anilines is 1. The Bertz CT molecular complexity index is 1060. The number of nitrogens with one attached hydrogen (secondary N) is 1. The molecule has 27 heavy (non-hydrogen) atoms. The number of benzene rings is 3. The molecular formula is C22H18ClNO3. The van der Waals surface area contributed by atoms with Crippen LogP contribution in [0, 0.1) is 0 Å². The third-order valence-corrected chi connectivity index (χ3v) is 4.43. The molecule has 3 aromatic carbocycles. The minimum Gasteiger partial charge on any atom is -0.465 e. The molecule has 0 spiro atoms. The smallest absolute Gasteiger partial charge is 0.339 e. The highest BCUT2D eigenvalue weighted by Gasteiger charge is 2.14. The molecule has 0 bridgehead atoms. The van der Waals surface area contributed by atoms with Gasteiger partial charge in [0.05, 0.1) is 18.4 Å². The van der Waals surface area contributed by atoms with Crippen LogP contribution in [0.15, 0.2) is 66.7 Å². The Hall–Kier alpha value is -3.11. The topological polar surface area (TPSA) is 55.4 Å². The summed E-state index contributed by atoms with van der Waals surface area (Å²) in [5.41, 5.74) is 2.30. The SMILES string of the molecule is COC(=O)c1ccc(Cl)cc1NC(=O)C=C(C)c1ccc2ccccc2c1. The molecule has 0 fully saturated rings. The van der Waals surface area contributed by atoms with Crippen molar-refractivity contribution in [1.82, 2.24) is 0 Å². The van der Waals surface area contributed by atoms with E-state index in [9.17, 15) is 9.59 Å². The minimum atomic E-state index is -0.544. The highest BCUT2D eigenvalue weighted by molar-refractivity contribution is 6.31. The van der Waals surface area contributed by atoms with Gasteiger partial charge in [0.15, 0.2) is 0 Å². The number of carbonyl (C=O) groups is 2. The van der Waals surface area contributed by atoms with Gasteiger partial charge < -0.3 is 10.1 Å². The molecule has 0 aliphatic carbocycles. The normalized spacial score (nSPS) is 11.3. The number of halogens is 1. The Morgan fingerprint density at radius 2 is 1.74 bits per heavy atom. The summed E-state index contributed by atoms with van der Waals surface area (Å²) in [6.07, 6.45) is 1.49. The van der Waals surface area contributed by atoms with Gasteiger partial charge in [0.2, 0.25) is 5.91 Å². The van der Waals surface area contributed by atoms with Crippen LogP contribution in [0.25, 0.3) is 16.3 Å². The first-order valence-corrected chi connectivity index (χ1v) is 8.72. The first kappa shape index (κ1) is 18.7. The van der Waals surface area contributed by atoms with Gasteiger partial charge in [-0.1, -0.05) is 48.0 Å². The van der Waals surface area contributed by atoms with Crippen molar-refractivity contribution < 1.29 is 14.3 Å². The lowest BCUT2D eigenvalue weighted by Crippen LogP contribution is -2.13. The Kier molecular flexibility index (Phi) is 5.57. The van der Waals surface area contributed by atoms with Crippen LogP contribution in [0.1, 0.15) is 22.8 Å². The number of carbonyl (C=O) groups excluding carboxylic acids is 2. The molecule has 0 radical (unpaired) electrons. The zero-order valence-corrected chi connectivity index (χ0v) is 15.7. The van der Waals surface area contributed by atoms with E-state index in [2.05, 4.69) is 5.32 Å². The molecule has 0 aromatic heterocycles. The Balaban J connectivity index is 1.85. The summed E-state index contributed by atoms with van der Waals surface area (Å²) >= 11 is 5.99. The Morgan fingerprint density at radius 1 is 1.00 bits per heavy atom. The standard InChI is InChI=1S/C22H18ClNO3/c1-14(16-8-7-15-5-3-4-6-17(15)12-16)11-21(25)24-20-13-18(23)9-10-19(20)22(26)27-2/h3-13H,1-2H3,(H,24,25). The molecular weight excluding hydrogens is 362 g/mol. The molecule has 0 saturated heterocycles. The monoisotopic (exact) mass is 379 g/mol. The maximum absolute atomic E-state index is 12.5. The molecule has 3 aromatic rings. The van der Waals surface area contributed by atoms with E-state index in [0.29, 0.717) is 10.7 Å². The molecule has 5 heteroatoms. The lowest BCUT2D eigenvalue weighted by atomic mass is 10.0. The molecule has 0 aliphatic rings. The molecule has 0 saturated carbocycles. The second kappa shape index (κ2) is 8.06. The summed E-state index contributed by atoms with van der Waals surface area (Å²) in [5.74, 6) is -0.898. The van der Waals surface area contributed by atoms with Crippen LogP contribution >= 0.6 is 11.6 Å². The fraction of sp³-hybridized carbons (Fsp3) is 0.0909. The van der Waals surface area contributed by atoms with Crippen molar-refractivity contribution in [1.29, 1.82) is 0 Å². The number of allylic oxidation sites excluding steroid dienone is 1. The number of ether oxygens (including phenoxy) is 1. The van der Waals surface area contributed by atoms with Crippen molar-refractivity contribution in [2.75, 3.05) is 12.4 Å². The number of esters is 1. The van der Waals surface area contributed by atoms with Gasteiger partial charge >= 0.3 is 5.97 Å². The van der Waals surface area contributed by atoms with E-state index in [-0.39, 0.29) is 11.5 Å². The minimum absolute atomic E-state index is 0.243. The predicted octanol–water partition coefficient (Wildman–Crippen LogP) is 5.32. The van der Waals surface area contributed by atoms with Gasteiger partial charge in [-0.05, 0) is 53.1 Å². The van der Waals surface area contributed by atoms with Gasteiger partial charge in [-0.3, -0.25) is 4.79 Å². The maximum Gasteiger partial charge on any atom is 0.339 e. The van der Waals surface area contributed by atoms with Crippen molar-refractivity contribution in [3.63, 3.8) is 0 Å². The first-order chi connectivity index (χ1) is 13.0. The van der Waals surface area contributed by atoms with Gasteiger partial charge in [-0.25, -0.2) is 4.79 Å². The third-order valence-electron chi connectivity index (χ3n) is 4.20. The fourth-order valence-corrected chi connectivity index (χ4v) is 2.96. The zero-order chi connectivity index (χ0) is 19.4. The average Bonchev–Trinajstić information content (AvgIpc) is 2.67. The first-order valence-electron chi connectivity index (χ1n) is 8.34. The molecule has 1 amide bonds. The molecule has 4 nitrogen and oxygen atoms in total. The average molecular weight is 380 g/mol.